The number of hydrogen-bond acceptors (Lipinski definition) is 2. The maximum atomic E-state index is 11.4. The van der Waals surface area contributed by atoms with Gasteiger partial charge in [0.2, 0.25) is 5.91 Å². The van der Waals surface area contributed by atoms with Crippen molar-refractivity contribution in [2.24, 2.45) is 0 Å². The molecule has 1 saturated heterocycles. The smallest absolute Gasteiger partial charge is 0.220 e. The van der Waals surface area contributed by atoms with Crippen molar-refractivity contribution in [3.05, 3.63) is 34.9 Å². The molecule has 0 aliphatic carbocycles. The summed E-state index contributed by atoms with van der Waals surface area (Å²) in [5.74, 6) is 1.13. The average molecular weight is 242 g/mol. The lowest BCUT2D eigenvalue weighted by Gasteiger charge is -2.22. The van der Waals surface area contributed by atoms with Gasteiger partial charge in [0, 0.05) is 24.2 Å². The minimum Gasteiger partial charge on any atom is -0.326 e. The van der Waals surface area contributed by atoms with Crippen LogP contribution in [0.15, 0.2) is 24.3 Å². The molecule has 4 heteroatoms. The number of thioether (sulfide) groups is 1. The van der Waals surface area contributed by atoms with Gasteiger partial charge in [-0.1, -0.05) is 23.7 Å². The van der Waals surface area contributed by atoms with E-state index in [-0.39, 0.29) is 11.3 Å². The monoisotopic (exact) mass is 241 g/mol. The van der Waals surface area contributed by atoms with Crippen LogP contribution < -0.4 is 0 Å². The Bertz CT molecular complexity index is 383. The molecule has 0 saturated carbocycles. The lowest BCUT2D eigenvalue weighted by atomic mass is 10.2. The van der Waals surface area contributed by atoms with E-state index < -0.39 is 0 Å². The molecule has 0 aromatic heterocycles. The summed E-state index contributed by atoms with van der Waals surface area (Å²) in [7, 11) is 0. The van der Waals surface area contributed by atoms with E-state index >= 15 is 0 Å². The summed E-state index contributed by atoms with van der Waals surface area (Å²) in [6, 6.07) is 7.73. The summed E-state index contributed by atoms with van der Waals surface area (Å²) in [6.07, 6.45) is 0. The molecule has 80 valence electrons. The predicted molar refractivity (Wildman–Crippen MR) is 64.0 cm³/mol. The highest BCUT2D eigenvalue weighted by atomic mass is 35.5. The lowest BCUT2D eigenvalue weighted by Crippen LogP contribution is -2.27. The van der Waals surface area contributed by atoms with Crippen molar-refractivity contribution in [3.63, 3.8) is 0 Å². The molecule has 2 nitrogen and oxygen atoms in total. The van der Waals surface area contributed by atoms with Gasteiger partial charge in [-0.2, -0.15) is 0 Å². The molecule has 0 bridgehead atoms. The number of hydrogen-bond donors (Lipinski definition) is 0. The van der Waals surface area contributed by atoms with Crippen LogP contribution in [-0.4, -0.2) is 23.1 Å². The van der Waals surface area contributed by atoms with E-state index in [0.717, 1.165) is 22.9 Å². The maximum absolute atomic E-state index is 11.4. The second kappa shape index (κ2) is 4.45. The molecule has 1 fully saturated rings. The molecule has 1 amide bonds. The number of benzene rings is 1. The van der Waals surface area contributed by atoms with E-state index in [1.54, 1.807) is 18.7 Å². The molecular formula is C11H12ClNOS. The SMILES string of the molecule is CC(=O)N1CCS[C@H]1c1cccc(Cl)c1. The average Bonchev–Trinajstić information content (AvgIpc) is 2.65. The summed E-state index contributed by atoms with van der Waals surface area (Å²) in [4.78, 5) is 13.3. The molecule has 1 atom stereocenters. The first-order chi connectivity index (χ1) is 7.18. The van der Waals surface area contributed by atoms with Crippen molar-refractivity contribution in [3.8, 4) is 0 Å². The quantitative estimate of drug-likeness (QED) is 0.754. The van der Waals surface area contributed by atoms with E-state index in [2.05, 4.69) is 0 Å². The van der Waals surface area contributed by atoms with Crippen molar-refractivity contribution >= 4 is 29.3 Å². The van der Waals surface area contributed by atoms with Crippen molar-refractivity contribution in [2.75, 3.05) is 12.3 Å². The topological polar surface area (TPSA) is 20.3 Å². The van der Waals surface area contributed by atoms with Crippen LogP contribution in [0, 0.1) is 0 Å². The van der Waals surface area contributed by atoms with Crippen LogP contribution in [0.3, 0.4) is 0 Å². The number of carbonyl (C=O) groups excluding carboxylic acids is 1. The van der Waals surface area contributed by atoms with Crippen molar-refractivity contribution in [1.29, 1.82) is 0 Å². The largest absolute Gasteiger partial charge is 0.326 e. The summed E-state index contributed by atoms with van der Waals surface area (Å²) in [5.41, 5.74) is 1.11. The Hall–Kier alpha value is -0.670. The third-order valence-electron chi connectivity index (χ3n) is 2.43. The summed E-state index contributed by atoms with van der Waals surface area (Å²) >= 11 is 7.72. The maximum Gasteiger partial charge on any atom is 0.220 e. The molecule has 0 unspecified atom stereocenters. The van der Waals surface area contributed by atoms with Gasteiger partial charge in [0.15, 0.2) is 0 Å². The van der Waals surface area contributed by atoms with Crippen LogP contribution in [0.4, 0.5) is 0 Å². The van der Waals surface area contributed by atoms with Crippen molar-refractivity contribution in [2.45, 2.75) is 12.3 Å². The van der Waals surface area contributed by atoms with Crippen LogP contribution >= 0.6 is 23.4 Å². The second-order valence-corrected chi connectivity index (χ2v) is 5.12. The van der Waals surface area contributed by atoms with Gasteiger partial charge in [-0.25, -0.2) is 0 Å². The zero-order valence-electron chi connectivity index (χ0n) is 8.44. The molecule has 0 radical (unpaired) electrons. The Morgan fingerprint density at radius 1 is 1.60 bits per heavy atom. The number of carbonyl (C=O) groups is 1. The van der Waals surface area contributed by atoms with Gasteiger partial charge in [0.1, 0.15) is 5.37 Å². The van der Waals surface area contributed by atoms with Crippen molar-refractivity contribution in [1.82, 2.24) is 4.90 Å². The minimum absolute atomic E-state index is 0.130. The number of halogens is 1. The minimum atomic E-state index is 0.130. The Balaban J connectivity index is 2.26. The van der Waals surface area contributed by atoms with Crippen LogP contribution in [-0.2, 0) is 4.79 Å². The molecule has 1 aliphatic heterocycles. The standard InChI is InChI=1S/C11H12ClNOS/c1-8(14)13-5-6-15-11(13)9-3-2-4-10(12)7-9/h2-4,7,11H,5-6H2,1H3/t11-/m0/s1. The zero-order valence-corrected chi connectivity index (χ0v) is 10.0. The zero-order chi connectivity index (χ0) is 10.8. The van der Waals surface area contributed by atoms with Crippen LogP contribution in [0.5, 0.6) is 0 Å². The van der Waals surface area contributed by atoms with Gasteiger partial charge in [-0.15, -0.1) is 11.8 Å². The molecule has 0 spiro atoms. The Labute approximate surface area is 98.6 Å². The Morgan fingerprint density at radius 2 is 2.40 bits per heavy atom. The van der Waals surface area contributed by atoms with Crippen molar-refractivity contribution < 1.29 is 4.79 Å². The molecule has 1 heterocycles. The third kappa shape index (κ3) is 2.29. The highest BCUT2D eigenvalue weighted by molar-refractivity contribution is 7.99. The number of rotatable bonds is 1. The molecule has 1 aromatic carbocycles. The molecule has 0 N–H and O–H groups in total. The number of amides is 1. The summed E-state index contributed by atoms with van der Waals surface area (Å²) in [5, 5.41) is 0.865. The Morgan fingerprint density at radius 3 is 3.07 bits per heavy atom. The fourth-order valence-corrected chi connectivity index (χ4v) is 3.23. The van der Waals surface area contributed by atoms with E-state index in [9.17, 15) is 4.79 Å². The predicted octanol–water partition coefficient (Wildman–Crippen LogP) is 2.93. The van der Waals surface area contributed by atoms with Crippen LogP contribution in [0.1, 0.15) is 17.9 Å². The summed E-state index contributed by atoms with van der Waals surface area (Å²) in [6.45, 7) is 2.45. The summed E-state index contributed by atoms with van der Waals surface area (Å²) < 4.78 is 0. The third-order valence-corrected chi connectivity index (χ3v) is 3.93. The van der Waals surface area contributed by atoms with Gasteiger partial charge in [-0.05, 0) is 17.7 Å². The second-order valence-electron chi connectivity index (χ2n) is 3.49. The Kier molecular flexibility index (Phi) is 3.22. The van der Waals surface area contributed by atoms with E-state index in [0.29, 0.717) is 0 Å². The lowest BCUT2D eigenvalue weighted by molar-refractivity contribution is -0.128. The normalized spacial score (nSPS) is 20.7. The van der Waals surface area contributed by atoms with E-state index in [4.69, 9.17) is 11.6 Å². The fourth-order valence-electron chi connectivity index (χ4n) is 1.73. The number of nitrogens with zero attached hydrogens (tertiary/aromatic N) is 1. The van der Waals surface area contributed by atoms with Gasteiger partial charge >= 0.3 is 0 Å². The van der Waals surface area contributed by atoms with Gasteiger partial charge in [0.05, 0.1) is 0 Å². The molecule has 15 heavy (non-hydrogen) atoms. The fraction of sp³-hybridized carbons (Fsp3) is 0.364. The van der Waals surface area contributed by atoms with Crippen LogP contribution in [0.2, 0.25) is 5.02 Å². The van der Waals surface area contributed by atoms with Gasteiger partial charge < -0.3 is 4.90 Å². The first kappa shape index (κ1) is 10.8. The molecular weight excluding hydrogens is 230 g/mol. The highest BCUT2D eigenvalue weighted by Crippen LogP contribution is 2.38. The van der Waals surface area contributed by atoms with Gasteiger partial charge in [-0.3, -0.25) is 4.79 Å². The van der Waals surface area contributed by atoms with Gasteiger partial charge in [0.25, 0.3) is 0 Å². The highest BCUT2D eigenvalue weighted by Gasteiger charge is 2.28. The van der Waals surface area contributed by atoms with Crippen LogP contribution in [0.25, 0.3) is 0 Å². The first-order valence-corrected chi connectivity index (χ1v) is 6.25. The van der Waals surface area contributed by atoms with E-state index in [1.165, 1.54) is 0 Å². The van der Waals surface area contributed by atoms with E-state index in [1.807, 2.05) is 29.2 Å². The first-order valence-electron chi connectivity index (χ1n) is 4.83. The molecule has 1 aromatic rings. The molecule has 1 aliphatic rings. The molecule has 2 rings (SSSR count).